The van der Waals surface area contributed by atoms with Crippen LogP contribution in [0, 0.1) is 5.82 Å². The molecule has 1 aromatic carbocycles. The Bertz CT molecular complexity index is 625. The number of halogens is 4. The summed E-state index contributed by atoms with van der Waals surface area (Å²) in [5, 5.41) is 7.12. The number of alkyl halides is 3. The van der Waals surface area contributed by atoms with Gasteiger partial charge < -0.3 is 20.5 Å². The van der Waals surface area contributed by atoms with Crippen LogP contribution in [-0.4, -0.2) is 54.0 Å². The quantitative estimate of drug-likeness (QED) is 0.787. The molecule has 1 aromatic rings. The molecule has 1 fully saturated rings. The van der Waals surface area contributed by atoms with Crippen molar-refractivity contribution in [3.8, 4) is 0 Å². The van der Waals surface area contributed by atoms with Crippen LogP contribution in [0.5, 0.6) is 0 Å². The lowest BCUT2D eigenvalue weighted by Crippen LogP contribution is -2.32. The molecular weight excluding hydrogens is 360 g/mol. The van der Waals surface area contributed by atoms with E-state index in [4.69, 9.17) is 20.4 Å². The van der Waals surface area contributed by atoms with E-state index in [0.29, 0.717) is 25.3 Å². The van der Waals surface area contributed by atoms with Gasteiger partial charge in [-0.1, -0.05) is 25.1 Å². The molecule has 146 valence electrons. The van der Waals surface area contributed by atoms with Gasteiger partial charge in [-0.3, -0.25) is 0 Å². The van der Waals surface area contributed by atoms with Crippen molar-refractivity contribution in [3.05, 3.63) is 35.6 Å². The van der Waals surface area contributed by atoms with Crippen molar-refractivity contribution >= 4 is 12.1 Å². The van der Waals surface area contributed by atoms with Crippen LogP contribution in [0.1, 0.15) is 24.8 Å². The number of carbonyl (C=O) groups excluding carboxylic acids is 1. The number of ether oxygens (including phenoxy) is 1. The van der Waals surface area contributed by atoms with Crippen LogP contribution in [0.25, 0.3) is 0 Å². The van der Waals surface area contributed by atoms with E-state index in [1.54, 1.807) is 23.1 Å². The van der Waals surface area contributed by atoms with Crippen molar-refractivity contribution in [1.29, 1.82) is 0 Å². The molecule has 1 saturated heterocycles. The van der Waals surface area contributed by atoms with E-state index in [1.165, 1.54) is 6.07 Å². The molecule has 0 saturated carbocycles. The van der Waals surface area contributed by atoms with Crippen LogP contribution in [0.15, 0.2) is 24.3 Å². The summed E-state index contributed by atoms with van der Waals surface area (Å²) in [5.74, 6) is -3.20. The van der Waals surface area contributed by atoms with Gasteiger partial charge >= 0.3 is 18.2 Å². The summed E-state index contributed by atoms with van der Waals surface area (Å²) < 4.78 is 50.6. The molecule has 0 bridgehead atoms. The Balaban J connectivity index is 0.000000412. The third-order valence-electron chi connectivity index (χ3n) is 3.60. The van der Waals surface area contributed by atoms with Gasteiger partial charge in [-0.05, 0) is 18.1 Å². The first kappa shape index (κ1) is 21.7. The normalized spacial score (nSPS) is 19.5. The Labute approximate surface area is 147 Å². The Morgan fingerprint density at radius 2 is 1.88 bits per heavy atom. The molecular formula is C16H20F4N2O4. The van der Waals surface area contributed by atoms with Crippen molar-refractivity contribution < 1.29 is 37.0 Å². The maximum Gasteiger partial charge on any atom is 0.490 e. The summed E-state index contributed by atoms with van der Waals surface area (Å²) in [7, 11) is 0. The maximum atomic E-state index is 13.8. The summed E-state index contributed by atoms with van der Waals surface area (Å²) >= 11 is 0. The minimum absolute atomic E-state index is 0.171. The highest BCUT2D eigenvalue weighted by molar-refractivity contribution is 5.73. The van der Waals surface area contributed by atoms with E-state index in [0.717, 1.165) is 6.42 Å². The lowest BCUT2D eigenvalue weighted by atomic mass is 9.94. The van der Waals surface area contributed by atoms with E-state index in [2.05, 4.69) is 0 Å². The van der Waals surface area contributed by atoms with E-state index >= 15 is 0 Å². The summed E-state index contributed by atoms with van der Waals surface area (Å²) in [5.41, 5.74) is 6.59. The molecule has 26 heavy (non-hydrogen) atoms. The van der Waals surface area contributed by atoms with Gasteiger partial charge in [-0.2, -0.15) is 13.2 Å². The lowest BCUT2D eigenvalue weighted by Gasteiger charge is -2.16. The van der Waals surface area contributed by atoms with Gasteiger partial charge in [0.2, 0.25) is 0 Å². The zero-order chi connectivity index (χ0) is 19.9. The zero-order valence-electron chi connectivity index (χ0n) is 14.0. The number of carbonyl (C=O) groups is 2. The maximum absolute atomic E-state index is 13.8. The molecule has 1 aliphatic heterocycles. The van der Waals surface area contributed by atoms with Gasteiger partial charge in [0.05, 0.1) is 6.61 Å². The first-order valence-electron chi connectivity index (χ1n) is 7.79. The molecule has 1 heterocycles. The third-order valence-corrected chi connectivity index (χ3v) is 3.60. The molecule has 2 atom stereocenters. The second-order valence-corrected chi connectivity index (χ2v) is 5.61. The van der Waals surface area contributed by atoms with E-state index in [-0.39, 0.29) is 23.9 Å². The highest BCUT2D eigenvalue weighted by Gasteiger charge is 2.38. The summed E-state index contributed by atoms with van der Waals surface area (Å²) in [6, 6.07) is 6.31. The number of aliphatic carboxylic acids is 1. The fourth-order valence-electron chi connectivity index (χ4n) is 2.36. The summed E-state index contributed by atoms with van der Waals surface area (Å²) in [6.45, 7) is 3.15. The van der Waals surface area contributed by atoms with Gasteiger partial charge in [-0.15, -0.1) is 0 Å². The summed E-state index contributed by atoms with van der Waals surface area (Å²) in [4.78, 5) is 22.2. The SMILES string of the molecule is CCCOC(=O)N1C[C@@H](N)[C@H](c2ccccc2F)C1.O=C(O)C(F)(F)F. The highest BCUT2D eigenvalue weighted by Crippen LogP contribution is 2.28. The largest absolute Gasteiger partial charge is 0.490 e. The molecule has 10 heteroatoms. The smallest absolute Gasteiger partial charge is 0.475 e. The van der Waals surface area contributed by atoms with Crippen LogP contribution in [-0.2, 0) is 9.53 Å². The number of carboxylic acids is 1. The van der Waals surface area contributed by atoms with E-state index in [9.17, 15) is 22.4 Å². The zero-order valence-corrected chi connectivity index (χ0v) is 14.0. The molecule has 1 aliphatic rings. The monoisotopic (exact) mass is 380 g/mol. The van der Waals surface area contributed by atoms with Crippen LogP contribution in [0.2, 0.25) is 0 Å². The minimum Gasteiger partial charge on any atom is -0.475 e. The average Bonchev–Trinajstić information content (AvgIpc) is 2.94. The standard InChI is InChI=1S/C14H19FN2O2.C2HF3O2/c1-2-7-19-14(18)17-8-11(13(16)9-17)10-5-3-4-6-12(10)15;3-2(4,5)1(6)7/h3-6,11,13H,2,7-9,16H2,1H3;(H,6,7)/t11-,13+;/m0./s1. The van der Waals surface area contributed by atoms with Gasteiger partial charge in [-0.25, -0.2) is 14.0 Å². The molecule has 0 spiro atoms. The molecule has 0 aromatic heterocycles. The van der Waals surface area contributed by atoms with Crippen LogP contribution in [0.4, 0.5) is 22.4 Å². The minimum atomic E-state index is -5.08. The second kappa shape index (κ2) is 9.37. The number of hydrogen-bond acceptors (Lipinski definition) is 4. The first-order chi connectivity index (χ1) is 12.1. The number of carboxylic acid groups (broad SMARTS) is 1. The van der Waals surface area contributed by atoms with Crippen molar-refractivity contribution in [2.45, 2.75) is 31.5 Å². The number of hydrogen-bond donors (Lipinski definition) is 2. The third kappa shape index (κ3) is 6.17. The van der Waals surface area contributed by atoms with Gasteiger partial charge in [0.25, 0.3) is 0 Å². The predicted octanol–water partition coefficient (Wildman–Crippen LogP) is 2.73. The van der Waals surface area contributed by atoms with Gasteiger partial charge in [0, 0.05) is 25.0 Å². The molecule has 0 radical (unpaired) electrons. The summed E-state index contributed by atoms with van der Waals surface area (Å²) in [6.07, 6.45) is -4.67. The van der Waals surface area contributed by atoms with Crippen LogP contribution in [0.3, 0.4) is 0 Å². The van der Waals surface area contributed by atoms with Gasteiger partial charge in [0.1, 0.15) is 5.82 Å². The number of likely N-dealkylation sites (tertiary alicyclic amines) is 1. The number of nitrogens with two attached hydrogens (primary N) is 1. The molecule has 3 N–H and O–H groups in total. The number of nitrogens with zero attached hydrogens (tertiary/aromatic N) is 1. The molecule has 1 amide bonds. The van der Waals surface area contributed by atoms with Crippen molar-refractivity contribution in [3.63, 3.8) is 0 Å². The Hall–Kier alpha value is -2.36. The molecule has 0 unspecified atom stereocenters. The average molecular weight is 380 g/mol. The highest BCUT2D eigenvalue weighted by atomic mass is 19.4. The molecule has 2 rings (SSSR count). The molecule has 0 aliphatic carbocycles. The van der Waals surface area contributed by atoms with E-state index in [1.807, 2.05) is 6.92 Å². The predicted molar refractivity (Wildman–Crippen MR) is 84.0 cm³/mol. The molecule has 6 nitrogen and oxygen atoms in total. The Morgan fingerprint density at radius 1 is 1.31 bits per heavy atom. The number of amides is 1. The van der Waals surface area contributed by atoms with Crippen molar-refractivity contribution in [1.82, 2.24) is 4.90 Å². The fraction of sp³-hybridized carbons (Fsp3) is 0.500. The Kier molecular flexibility index (Phi) is 7.81. The number of benzene rings is 1. The second-order valence-electron chi connectivity index (χ2n) is 5.61. The van der Waals surface area contributed by atoms with E-state index < -0.39 is 12.1 Å². The topological polar surface area (TPSA) is 92.9 Å². The Morgan fingerprint density at radius 3 is 2.38 bits per heavy atom. The fourth-order valence-corrected chi connectivity index (χ4v) is 2.36. The van der Waals surface area contributed by atoms with Crippen molar-refractivity contribution in [2.75, 3.05) is 19.7 Å². The van der Waals surface area contributed by atoms with Crippen LogP contribution < -0.4 is 5.73 Å². The van der Waals surface area contributed by atoms with Crippen molar-refractivity contribution in [2.24, 2.45) is 5.73 Å². The number of rotatable bonds is 3. The van der Waals surface area contributed by atoms with Crippen LogP contribution >= 0.6 is 0 Å². The first-order valence-corrected chi connectivity index (χ1v) is 7.79. The lowest BCUT2D eigenvalue weighted by molar-refractivity contribution is -0.192. The van der Waals surface area contributed by atoms with Gasteiger partial charge in [0.15, 0.2) is 0 Å².